The van der Waals surface area contributed by atoms with E-state index in [9.17, 15) is 0 Å². The Bertz CT molecular complexity index is 381. The molecule has 3 heteroatoms. The van der Waals surface area contributed by atoms with Gasteiger partial charge in [0.2, 0.25) is 0 Å². The van der Waals surface area contributed by atoms with Crippen molar-refractivity contribution in [3.05, 3.63) is 33.8 Å². The summed E-state index contributed by atoms with van der Waals surface area (Å²) in [6.07, 6.45) is 8.66. The topological polar surface area (TPSA) is 12.0 Å². The molecule has 1 aliphatic rings. The lowest BCUT2D eigenvalue weighted by Crippen LogP contribution is -2.20. The van der Waals surface area contributed by atoms with Crippen LogP contribution < -0.4 is 5.32 Å². The van der Waals surface area contributed by atoms with Crippen molar-refractivity contribution in [2.45, 2.75) is 38.1 Å². The summed E-state index contributed by atoms with van der Waals surface area (Å²) >= 11 is 5.61. The predicted octanol–water partition coefficient (Wildman–Crippen LogP) is 4.56. The molecule has 0 aromatic heterocycles. The monoisotopic (exact) mass is 327 g/mol. The number of fused-ring (bicyclic) bond motifs is 1. The van der Waals surface area contributed by atoms with E-state index in [1.807, 2.05) is 11.8 Å². The maximum atomic E-state index is 3.71. The van der Waals surface area contributed by atoms with Crippen LogP contribution in [0.15, 0.2) is 22.7 Å². The number of rotatable bonds is 7. The number of hydrogen-bond donors (Lipinski definition) is 1. The van der Waals surface area contributed by atoms with E-state index < -0.39 is 0 Å². The molecule has 1 atom stereocenters. The number of nitrogens with one attached hydrogen (secondary N) is 1. The summed E-state index contributed by atoms with van der Waals surface area (Å²) in [7, 11) is 0. The average Bonchev–Trinajstić information content (AvgIpc) is 2.79. The van der Waals surface area contributed by atoms with Gasteiger partial charge in [0.25, 0.3) is 0 Å². The third kappa shape index (κ3) is 3.75. The van der Waals surface area contributed by atoms with E-state index >= 15 is 0 Å². The molecule has 1 N–H and O–H groups in total. The molecule has 2 rings (SSSR count). The molecule has 0 bridgehead atoms. The fourth-order valence-electron chi connectivity index (χ4n) is 2.65. The van der Waals surface area contributed by atoms with Gasteiger partial charge in [0, 0.05) is 10.5 Å². The molecule has 1 aromatic rings. The van der Waals surface area contributed by atoms with Crippen molar-refractivity contribution in [2.24, 2.45) is 0 Å². The molecule has 0 heterocycles. The minimum atomic E-state index is 0.582. The second-order valence-corrected chi connectivity index (χ2v) is 6.75. The van der Waals surface area contributed by atoms with Gasteiger partial charge in [-0.2, -0.15) is 11.8 Å². The lowest BCUT2D eigenvalue weighted by Gasteiger charge is -2.14. The highest BCUT2D eigenvalue weighted by atomic mass is 79.9. The van der Waals surface area contributed by atoms with Crippen molar-refractivity contribution in [1.82, 2.24) is 5.32 Å². The number of hydrogen-bond acceptors (Lipinski definition) is 2. The van der Waals surface area contributed by atoms with Gasteiger partial charge in [0.05, 0.1) is 0 Å². The lowest BCUT2D eigenvalue weighted by molar-refractivity contribution is 0.511. The van der Waals surface area contributed by atoms with Crippen LogP contribution in [-0.2, 0) is 6.42 Å². The predicted molar refractivity (Wildman–Crippen MR) is 85.4 cm³/mol. The fraction of sp³-hybridized carbons (Fsp3) is 0.600. The molecule has 100 valence electrons. The summed E-state index contributed by atoms with van der Waals surface area (Å²) in [6, 6.07) is 7.17. The van der Waals surface area contributed by atoms with Crippen LogP contribution in [0.5, 0.6) is 0 Å². The van der Waals surface area contributed by atoms with E-state index in [4.69, 9.17) is 0 Å². The molecule has 1 unspecified atom stereocenters. The fourth-order valence-corrected chi connectivity index (χ4v) is 3.72. The van der Waals surface area contributed by atoms with Gasteiger partial charge in [-0.15, -0.1) is 0 Å². The Morgan fingerprint density at radius 1 is 1.33 bits per heavy atom. The quantitative estimate of drug-likeness (QED) is 0.737. The van der Waals surface area contributed by atoms with Crippen LogP contribution in [0.25, 0.3) is 0 Å². The largest absolute Gasteiger partial charge is 0.310 e. The normalized spacial score (nSPS) is 18.0. The molecule has 0 saturated heterocycles. The van der Waals surface area contributed by atoms with Gasteiger partial charge < -0.3 is 5.32 Å². The second kappa shape index (κ2) is 7.56. The van der Waals surface area contributed by atoms with Crippen molar-refractivity contribution < 1.29 is 0 Å². The van der Waals surface area contributed by atoms with Crippen LogP contribution in [-0.4, -0.2) is 18.6 Å². The summed E-state index contributed by atoms with van der Waals surface area (Å²) < 4.78 is 1.28. The van der Waals surface area contributed by atoms with Gasteiger partial charge in [0.15, 0.2) is 0 Å². The number of unbranched alkanes of at least 4 members (excludes halogenated alkanes) is 2. The highest BCUT2D eigenvalue weighted by Gasteiger charge is 2.22. The zero-order valence-electron chi connectivity index (χ0n) is 11.0. The lowest BCUT2D eigenvalue weighted by atomic mass is 10.1. The van der Waals surface area contributed by atoms with Crippen molar-refractivity contribution in [3.8, 4) is 0 Å². The Labute approximate surface area is 123 Å². The van der Waals surface area contributed by atoms with Crippen LogP contribution in [0, 0.1) is 0 Å². The van der Waals surface area contributed by atoms with Gasteiger partial charge in [0.1, 0.15) is 0 Å². The maximum Gasteiger partial charge on any atom is 0.0326 e. The summed E-state index contributed by atoms with van der Waals surface area (Å²) in [5.41, 5.74) is 3.02. The molecule has 0 amide bonds. The number of halogens is 1. The van der Waals surface area contributed by atoms with Gasteiger partial charge in [-0.25, -0.2) is 0 Å². The molecule has 0 aliphatic heterocycles. The zero-order valence-corrected chi connectivity index (χ0v) is 13.4. The van der Waals surface area contributed by atoms with Crippen molar-refractivity contribution in [2.75, 3.05) is 18.6 Å². The van der Waals surface area contributed by atoms with Crippen molar-refractivity contribution >= 4 is 27.7 Å². The summed E-state index contributed by atoms with van der Waals surface area (Å²) in [4.78, 5) is 0. The van der Waals surface area contributed by atoms with Crippen LogP contribution in [0.1, 0.15) is 42.9 Å². The first-order valence-electron chi connectivity index (χ1n) is 6.82. The molecule has 0 fully saturated rings. The van der Waals surface area contributed by atoms with Crippen LogP contribution in [0.3, 0.4) is 0 Å². The second-order valence-electron chi connectivity index (χ2n) is 4.91. The Morgan fingerprint density at radius 2 is 2.22 bits per heavy atom. The molecule has 18 heavy (non-hydrogen) atoms. The van der Waals surface area contributed by atoms with Crippen LogP contribution in [0.2, 0.25) is 0 Å². The highest BCUT2D eigenvalue weighted by molar-refractivity contribution is 9.10. The molecule has 1 nitrogen and oxygen atoms in total. The molecule has 0 saturated carbocycles. The Balaban J connectivity index is 1.75. The SMILES string of the molecule is CSCCCCCNC1CCc2c(Br)cccc21. The first kappa shape index (κ1) is 14.4. The third-order valence-corrected chi connectivity index (χ3v) is 5.07. The van der Waals surface area contributed by atoms with E-state index in [1.165, 1.54) is 53.5 Å². The summed E-state index contributed by atoms with van der Waals surface area (Å²) in [5, 5.41) is 3.71. The summed E-state index contributed by atoms with van der Waals surface area (Å²) in [5.74, 6) is 1.30. The zero-order chi connectivity index (χ0) is 12.8. The summed E-state index contributed by atoms with van der Waals surface area (Å²) in [6.45, 7) is 1.16. The maximum absolute atomic E-state index is 3.71. The average molecular weight is 328 g/mol. The minimum Gasteiger partial charge on any atom is -0.310 e. The van der Waals surface area contributed by atoms with Crippen LogP contribution in [0.4, 0.5) is 0 Å². The highest BCUT2D eigenvalue weighted by Crippen LogP contribution is 2.35. The van der Waals surface area contributed by atoms with E-state index in [-0.39, 0.29) is 0 Å². The first-order valence-corrected chi connectivity index (χ1v) is 9.01. The molecule has 1 aromatic carbocycles. The van der Waals surface area contributed by atoms with Crippen molar-refractivity contribution in [1.29, 1.82) is 0 Å². The van der Waals surface area contributed by atoms with Gasteiger partial charge in [-0.3, -0.25) is 0 Å². The molecular weight excluding hydrogens is 306 g/mol. The first-order chi connectivity index (χ1) is 8.83. The minimum absolute atomic E-state index is 0.582. The Hall–Kier alpha value is 0.0100. The smallest absolute Gasteiger partial charge is 0.0326 e. The van der Waals surface area contributed by atoms with Gasteiger partial charge >= 0.3 is 0 Å². The number of thioether (sulfide) groups is 1. The molecule has 0 radical (unpaired) electrons. The van der Waals surface area contributed by atoms with E-state index in [2.05, 4.69) is 45.7 Å². The molecule has 1 aliphatic carbocycles. The Morgan fingerprint density at radius 3 is 3.06 bits per heavy atom. The third-order valence-electron chi connectivity index (χ3n) is 3.63. The van der Waals surface area contributed by atoms with Crippen molar-refractivity contribution in [3.63, 3.8) is 0 Å². The van der Waals surface area contributed by atoms with E-state index in [0.717, 1.165) is 6.54 Å². The standard InChI is InChI=1S/C15H22BrNS/c1-18-11-4-2-3-10-17-15-9-8-12-13(15)6-5-7-14(12)16/h5-7,15,17H,2-4,8-11H2,1H3. The van der Waals surface area contributed by atoms with Gasteiger partial charge in [-0.05, 0) is 61.4 Å². The Kier molecular flexibility index (Phi) is 6.06. The van der Waals surface area contributed by atoms with E-state index in [0.29, 0.717) is 6.04 Å². The molecular formula is C15H22BrNS. The van der Waals surface area contributed by atoms with Gasteiger partial charge in [-0.1, -0.05) is 34.5 Å². The van der Waals surface area contributed by atoms with Crippen LogP contribution >= 0.6 is 27.7 Å². The van der Waals surface area contributed by atoms with E-state index in [1.54, 1.807) is 0 Å². The number of benzene rings is 1. The molecule has 0 spiro atoms.